The summed E-state index contributed by atoms with van der Waals surface area (Å²) in [7, 11) is -3.75. The number of hydrogen-bond acceptors (Lipinski definition) is 5. The Morgan fingerprint density at radius 2 is 1.72 bits per heavy atom. The summed E-state index contributed by atoms with van der Waals surface area (Å²) in [6.45, 7) is 13.7. The van der Waals surface area contributed by atoms with Gasteiger partial charge in [0.15, 0.2) is 0 Å². The fourth-order valence-electron chi connectivity index (χ4n) is 4.18. The van der Waals surface area contributed by atoms with E-state index in [1.54, 1.807) is 18.2 Å². The smallest absolute Gasteiger partial charge is 0.264 e. The number of aliphatic hydroxyl groups excluding tert-OH is 1. The summed E-state index contributed by atoms with van der Waals surface area (Å²) in [5.41, 5.74) is 4.28. The van der Waals surface area contributed by atoms with E-state index in [1.807, 2.05) is 52.8 Å². The van der Waals surface area contributed by atoms with Gasteiger partial charge in [0.1, 0.15) is 0 Å². The standard InChI is InChI=1S/C25H36N2O4S/c1-18(2)16-27(24-9-6-19(3)14-21(24)5)32(29,30)22-7-8-23(20(4)15-22)25(28)17-26-10-12-31-13-11-26/h6-9,14-15,18,25,28H,10-13,16-17H2,1-5H3. The van der Waals surface area contributed by atoms with Crippen molar-refractivity contribution in [3.8, 4) is 0 Å². The van der Waals surface area contributed by atoms with Gasteiger partial charge in [-0.25, -0.2) is 8.42 Å². The van der Waals surface area contributed by atoms with Crippen LogP contribution in [0.5, 0.6) is 0 Å². The van der Waals surface area contributed by atoms with Gasteiger partial charge >= 0.3 is 0 Å². The first-order valence-electron chi connectivity index (χ1n) is 11.3. The molecular formula is C25H36N2O4S. The Kier molecular flexibility index (Phi) is 7.98. The summed E-state index contributed by atoms with van der Waals surface area (Å²) < 4.78 is 34.3. The van der Waals surface area contributed by atoms with Crippen LogP contribution in [-0.4, -0.2) is 57.8 Å². The highest BCUT2D eigenvalue weighted by Gasteiger charge is 2.28. The second-order valence-electron chi connectivity index (χ2n) is 9.17. The molecule has 0 amide bonds. The Morgan fingerprint density at radius 3 is 2.31 bits per heavy atom. The molecule has 0 spiro atoms. The third-order valence-electron chi connectivity index (χ3n) is 5.88. The molecule has 7 heteroatoms. The molecule has 1 aliphatic rings. The summed E-state index contributed by atoms with van der Waals surface area (Å²) in [5.74, 6) is 0.168. The fourth-order valence-corrected chi connectivity index (χ4v) is 5.96. The Labute approximate surface area is 192 Å². The highest BCUT2D eigenvalue weighted by molar-refractivity contribution is 7.92. The monoisotopic (exact) mass is 460 g/mol. The van der Waals surface area contributed by atoms with Crippen molar-refractivity contribution in [1.29, 1.82) is 0 Å². The average Bonchev–Trinajstić information content (AvgIpc) is 2.73. The summed E-state index contributed by atoms with van der Waals surface area (Å²) in [6, 6.07) is 10.9. The molecule has 32 heavy (non-hydrogen) atoms. The van der Waals surface area contributed by atoms with Crippen LogP contribution in [0.25, 0.3) is 0 Å². The number of aliphatic hydroxyl groups is 1. The predicted molar refractivity (Wildman–Crippen MR) is 129 cm³/mol. The topological polar surface area (TPSA) is 70.1 Å². The number of anilines is 1. The molecule has 1 N–H and O–H groups in total. The van der Waals surface area contributed by atoms with Gasteiger partial charge in [-0.2, -0.15) is 0 Å². The SMILES string of the molecule is Cc1ccc(N(CC(C)C)S(=O)(=O)c2ccc(C(O)CN3CCOCC3)c(C)c2)c(C)c1. The van der Waals surface area contributed by atoms with E-state index in [0.717, 1.165) is 35.3 Å². The minimum Gasteiger partial charge on any atom is -0.387 e. The van der Waals surface area contributed by atoms with E-state index in [0.29, 0.717) is 32.0 Å². The van der Waals surface area contributed by atoms with E-state index in [4.69, 9.17) is 4.74 Å². The van der Waals surface area contributed by atoms with Crippen LogP contribution in [0.4, 0.5) is 5.69 Å². The molecule has 0 radical (unpaired) electrons. The molecule has 1 atom stereocenters. The zero-order valence-corrected chi connectivity index (χ0v) is 20.7. The van der Waals surface area contributed by atoms with Crippen LogP contribution >= 0.6 is 0 Å². The minimum absolute atomic E-state index is 0.168. The van der Waals surface area contributed by atoms with Crippen molar-refractivity contribution in [2.24, 2.45) is 5.92 Å². The number of hydrogen-bond donors (Lipinski definition) is 1. The predicted octanol–water partition coefficient (Wildman–Crippen LogP) is 3.83. The number of β-amino-alcohol motifs (C(OH)–C–C–N with tert-alkyl or cyclic N) is 1. The van der Waals surface area contributed by atoms with E-state index in [-0.39, 0.29) is 10.8 Å². The number of ether oxygens (including phenoxy) is 1. The maximum Gasteiger partial charge on any atom is 0.264 e. The minimum atomic E-state index is -3.75. The molecule has 1 saturated heterocycles. The maximum absolute atomic E-state index is 13.7. The number of benzene rings is 2. The van der Waals surface area contributed by atoms with E-state index in [2.05, 4.69) is 4.90 Å². The summed E-state index contributed by atoms with van der Waals surface area (Å²) in [5, 5.41) is 10.8. The van der Waals surface area contributed by atoms with Gasteiger partial charge < -0.3 is 9.84 Å². The Morgan fingerprint density at radius 1 is 1.03 bits per heavy atom. The number of nitrogens with zero attached hydrogens (tertiary/aromatic N) is 2. The van der Waals surface area contributed by atoms with Crippen LogP contribution < -0.4 is 4.31 Å². The molecule has 0 bridgehead atoms. The van der Waals surface area contributed by atoms with Gasteiger partial charge in [-0.1, -0.05) is 37.6 Å². The van der Waals surface area contributed by atoms with Crippen molar-refractivity contribution in [2.75, 3.05) is 43.7 Å². The van der Waals surface area contributed by atoms with Gasteiger partial charge in [0, 0.05) is 26.2 Å². The number of rotatable bonds is 8. The highest BCUT2D eigenvalue weighted by Crippen LogP contribution is 2.30. The van der Waals surface area contributed by atoms with E-state index in [9.17, 15) is 13.5 Å². The molecule has 176 valence electrons. The summed E-state index contributed by atoms with van der Waals surface area (Å²) in [6.07, 6.45) is -0.670. The van der Waals surface area contributed by atoms with Crippen molar-refractivity contribution in [3.05, 3.63) is 58.7 Å². The Hall–Kier alpha value is -1.93. The molecule has 2 aromatic rings. The number of aryl methyl sites for hydroxylation is 3. The lowest BCUT2D eigenvalue weighted by molar-refractivity contribution is 0.0142. The largest absolute Gasteiger partial charge is 0.387 e. The van der Waals surface area contributed by atoms with Crippen LogP contribution in [0, 0.1) is 26.7 Å². The zero-order valence-electron chi connectivity index (χ0n) is 19.8. The van der Waals surface area contributed by atoms with Crippen molar-refractivity contribution in [2.45, 2.75) is 45.6 Å². The van der Waals surface area contributed by atoms with Crippen molar-refractivity contribution >= 4 is 15.7 Å². The van der Waals surface area contributed by atoms with Gasteiger partial charge in [0.05, 0.1) is 29.9 Å². The third kappa shape index (κ3) is 5.70. The molecular weight excluding hydrogens is 424 g/mol. The highest BCUT2D eigenvalue weighted by atomic mass is 32.2. The molecule has 1 fully saturated rings. The van der Waals surface area contributed by atoms with Crippen LogP contribution in [0.2, 0.25) is 0 Å². The first-order chi connectivity index (χ1) is 15.1. The molecule has 2 aromatic carbocycles. The van der Waals surface area contributed by atoms with Gasteiger partial charge in [0.2, 0.25) is 0 Å². The van der Waals surface area contributed by atoms with E-state index >= 15 is 0 Å². The van der Waals surface area contributed by atoms with Crippen LogP contribution in [0.15, 0.2) is 41.3 Å². The first kappa shape index (κ1) is 24.7. The molecule has 0 aliphatic carbocycles. The lowest BCUT2D eigenvalue weighted by Crippen LogP contribution is -2.39. The average molecular weight is 461 g/mol. The number of morpholine rings is 1. The summed E-state index contributed by atoms with van der Waals surface area (Å²) >= 11 is 0. The van der Waals surface area contributed by atoms with Crippen LogP contribution in [0.3, 0.4) is 0 Å². The zero-order chi connectivity index (χ0) is 23.5. The van der Waals surface area contributed by atoms with Crippen molar-refractivity contribution < 1.29 is 18.3 Å². The molecule has 6 nitrogen and oxygen atoms in total. The molecule has 0 aromatic heterocycles. The Balaban J connectivity index is 1.90. The lowest BCUT2D eigenvalue weighted by Gasteiger charge is -2.30. The fraction of sp³-hybridized carbons (Fsp3) is 0.520. The van der Waals surface area contributed by atoms with Gasteiger partial charge in [0.25, 0.3) is 10.0 Å². The van der Waals surface area contributed by atoms with Crippen molar-refractivity contribution in [3.63, 3.8) is 0 Å². The molecule has 1 unspecified atom stereocenters. The van der Waals surface area contributed by atoms with Gasteiger partial charge in [-0.15, -0.1) is 0 Å². The van der Waals surface area contributed by atoms with Crippen LogP contribution in [0.1, 0.15) is 42.2 Å². The van der Waals surface area contributed by atoms with Gasteiger partial charge in [-0.05, 0) is 61.6 Å². The molecule has 1 aliphatic heterocycles. The van der Waals surface area contributed by atoms with Gasteiger partial charge in [-0.3, -0.25) is 9.21 Å². The van der Waals surface area contributed by atoms with E-state index in [1.165, 1.54) is 4.31 Å². The lowest BCUT2D eigenvalue weighted by atomic mass is 10.0. The third-order valence-corrected chi connectivity index (χ3v) is 7.65. The van der Waals surface area contributed by atoms with E-state index < -0.39 is 16.1 Å². The molecule has 0 saturated carbocycles. The number of sulfonamides is 1. The first-order valence-corrected chi connectivity index (χ1v) is 12.7. The van der Waals surface area contributed by atoms with Crippen LogP contribution in [-0.2, 0) is 14.8 Å². The molecule has 3 rings (SSSR count). The second kappa shape index (κ2) is 10.3. The Bertz CT molecular complexity index is 1030. The summed E-state index contributed by atoms with van der Waals surface area (Å²) in [4.78, 5) is 2.42. The maximum atomic E-state index is 13.7. The van der Waals surface area contributed by atoms with Crippen molar-refractivity contribution in [1.82, 2.24) is 4.90 Å². The molecule has 1 heterocycles. The quantitative estimate of drug-likeness (QED) is 0.648. The second-order valence-corrected chi connectivity index (χ2v) is 11.0. The normalized spacial score (nSPS) is 16.3.